The van der Waals surface area contributed by atoms with Crippen LogP contribution in [0.25, 0.3) is 11.5 Å². The van der Waals surface area contributed by atoms with E-state index >= 15 is 0 Å². The number of nitrogens with one attached hydrogen (secondary N) is 1. The van der Waals surface area contributed by atoms with Gasteiger partial charge in [-0.3, -0.25) is 9.69 Å². The normalized spacial score (nSPS) is 16.5. The molecular formula is C27H29N5O. The van der Waals surface area contributed by atoms with E-state index < -0.39 is 0 Å². The van der Waals surface area contributed by atoms with Crippen molar-refractivity contribution >= 4 is 5.91 Å². The molecule has 2 aromatic carbocycles. The minimum atomic E-state index is 0.0154. The van der Waals surface area contributed by atoms with E-state index in [-0.39, 0.29) is 11.8 Å². The number of aromatic nitrogens is 3. The minimum absolute atomic E-state index is 0.0154. The second-order valence-electron chi connectivity index (χ2n) is 8.61. The van der Waals surface area contributed by atoms with E-state index in [1.54, 1.807) is 0 Å². The number of nitrogens with zero attached hydrogens (tertiary/aromatic N) is 4. The van der Waals surface area contributed by atoms with Gasteiger partial charge in [-0.15, -0.1) is 0 Å². The number of amides is 1. The number of likely N-dealkylation sites (tertiary alicyclic amines) is 1. The van der Waals surface area contributed by atoms with Gasteiger partial charge in [-0.1, -0.05) is 48.5 Å². The summed E-state index contributed by atoms with van der Waals surface area (Å²) < 4.78 is 4.10. The number of hydrogen-bond acceptors (Lipinski definition) is 3. The summed E-state index contributed by atoms with van der Waals surface area (Å²) in [7, 11) is 0. The molecule has 1 saturated heterocycles. The Hall–Kier alpha value is -3.64. The average Bonchev–Trinajstić information content (AvgIpc) is 3.54. The highest BCUT2D eigenvalue weighted by molar-refractivity contribution is 5.79. The van der Waals surface area contributed by atoms with Gasteiger partial charge in [-0.2, -0.15) is 5.10 Å². The summed E-state index contributed by atoms with van der Waals surface area (Å²) in [5, 5.41) is 7.84. The molecule has 1 aliphatic heterocycles. The van der Waals surface area contributed by atoms with Crippen LogP contribution in [0.15, 0.2) is 91.4 Å². The molecule has 1 amide bonds. The maximum atomic E-state index is 12.9. The van der Waals surface area contributed by atoms with Gasteiger partial charge in [0.15, 0.2) is 0 Å². The highest BCUT2D eigenvalue weighted by Gasteiger charge is 2.27. The number of rotatable bonds is 7. The monoisotopic (exact) mass is 439 g/mol. The van der Waals surface area contributed by atoms with Gasteiger partial charge in [0, 0.05) is 37.6 Å². The lowest BCUT2D eigenvalue weighted by molar-refractivity contribution is -0.126. The molecule has 33 heavy (non-hydrogen) atoms. The Kier molecular flexibility index (Phi) is 6.35. The van der Waals surface area contributed by atoms with Crippen LogP contribution in [0.4, 0.5) is 0 Å². The molecule has 1 aliphatic rings. The number of carbonyl (C=O) groups excluding carboxylic acids is 1. The third-order valence-corrected chi connectivity index (χ3v) is 6.25. The second kappa shape index (κ2) is 9.88. The maximum Gasteiger partial charge on any atom is 0.224 e. The highest BCUT2D eigenvalue weighted by Crippen LogP contribution is 2.24. The van der Waals surface area contributed by atoms with Crippen LogP contribution >= 0.6 is 0 Å². The predicted molar refractivity (Wildman–Crippen MR) is 129 cm³/mol. The van der Waals surface area contributed by atoms with Crippen LogP contribution in [-0.2, 0) is 17.9 Å². The van der Waals surface area contributed by atoms with E-state index in [4.69, 9.17) is 5.10 Å². The third-order valence-electron chi connectivity index (χ3n) is 6.25. The first kappa shape index (κ1) is 21.2. The van der Waals surface area contributed by atoms with E-state index in [1.807, 2.05) is 71.5 Å². The van der Waals surface area contributed by atoms with Crippen molar-refractivity contribution in [3.63, 3.8) is 0 Å². The molecule has 4 aromatic rings. The highest BCUT2D eigenvalue weighted by atomic mass is 16.1. The lowest BCUT2D eigenvalue weighted by Crippen LogP contribution is -2.42. The zero-order valence-corrected chi connectivity index (χ0v) is 18.7. The molecule has 6 heteroatoms. The molecule has 3 heterocycles. The van der Waals surface area contributed by atoms with Gasteiger partial charge >= 0.3 is 0 Å². The van der Waals surface area contributed by atoms with E-state index in [2.05, 4.69) is 39.3 Å². The van der Waals surface area contributed by atoms with Gasteiger partial charge in [0.1, 0.15) is 5.82 Å². The third kappa shape index (κ3) is 4.91. The Morgan fingerprint density at radius 2 is 1.70 bits per heavy atom. The van der Waals surface area contributed by atoms with Crippen LogP contribution in [0.3, 0.4) is 0 Å². The topological polar surface area (TPSA) is 55.1 Å². The summed E-state index contributed by atoms with van der Waals surface area (Å²) in [6.07, 6.45) is 8.02. The quantitative estimate of drug-likeness (QED) is 0.470. The minimum Gasteiger partial charge on any atom is -0.352 e. The Labute approximate surface area is 194 Å². The van der Waals surface area contributed by atoms with Crippen molar-refractivity contribution in [1.29, 1.82) is 0 Å². The van der Waals surface area contributed by atoms with Gasteiger partial charge in [0.2, 0.25) is 5.91 Å². The van der Waals surface area contributed by atoms with Crippen LogP contribution in [-0.4, -0.2) is 38.2 Å². The molecule has 5 rings (SSSR count). The molecule has 0 radical (unpaired) electrons. The van der Waals surface area contributed by atoms with Gasteiger partial charge in [0.05, 0.1) is 17.8 Å². The van der Waals surface area contributed by atoms with Crippen molar-refractivity contribution < 1.29 is 4.79 Å². The number of para-hydroxylation sites is 1. The molecule has 0 spiro atoms. The van der Waals surface area contributed by atoms with Crippen molar-refractivity contribution in [3.8, 4) is 11.5 Å². The lowest BCUT2D eigenvalue weighted by atomic mass is 9.96. The summed E-state index contributed by atoms with van der Waals surface area (Å²) in [6.45, 7) is 3.10. The molecule has 6 nitrogen and oxygen atoms in total. The summed E-state index contributed by atoms with van der Waals surface area (Å²) in [5.41, 5.74) is 3.31. The summed E-state index contributed by atoms with van der Waals surface area (Å²) in [4.78, 5) is 15.2. The lowest BCUT2D eigenvalue weighted by Gasteiger charge is -2.32. The fraction of sp³-hybridized carbons (Fsp3) is 0.259. The Bertz CT molecular complexity index is 1170. The zero-order chi connectivity index (χ0) is 22.5. The SMILES string of the molecule is O=C(NCc1ccccc1)[C@@H]1CCCN(Cc2cnn(-c3ccccc3)c2-n2cccc2)C1. The Morgan fingerprint density at radius 1 is 0.970 bits per heavy atom. The fourth-order valence-corrected chi connectivity index (χ4v) is 4.58. The zero-order valence-electron chi connectivity index (χ0n) is 18.7. The first-order chi connectivity index (χ1) is 16.3. The number of hydrogen-bond donors (Lipinski definition) is 1. The molecular weight excluding hydrogens is 410 g/mol. The van der Waals surface area contributed by atoms with E-state index in [9.17, 15) is 4.79 Å². The molecule has 1 atom stereocenters. The summed E-state index contributed by atoms with van der Waals surface area (Å²) in [6, 6.07) is 24.3. The number of carbonyl (C=O) groups is 1. The first-order valence-corrected chi connectivity index (χ1v) is 11.6. The summed E-state index contributed by atoms with van der Waals surface area (Å²) in [5.74, 6) is 1.21. The van der Waals surface area contributed by atoms with Crippen LogP contribution in [0, 0.1) is 5.92 Å². The Balaban J connectivity index is 1.30. The van der Waals surface area contributed by atoms with Crippen molar-refractivity contribution in [2.75, 3.05) is 13.1 Å². The second-order valence-corrected chi connectivity index (χ2v) is 8.61. The number of piperidine rings is 1. The molecule has 1 fully saturated rings. The van der Waals surface area contributed by atoms with Crippen molar-refractivity contribution in [2.24, 2.45) is 5.92 Å². The van der Waals surface area contributed by atoms with Crippen LogP contribution in [0.5, 0.6) is 0 Å². The average molecular weight is 440 g/mol. The number of benzene rings is 2. The van der Waals surface area contributed by atoms with Crippen molar-refractivity contribution in [1.82, 2.24) is 24.6 Å². The molecule has 2 aromatic heterocycles. The van der Waals surface area contributed by atoms with Crippen LogP contribution < -0.4 is 5.32 Å². The molecule has 1 N–H and O–H groups in total. The largest absolute Gasteiger partial charge is 0.352 e. The van der Waals surface area contributed by atoms with E-state index in [0.29, 0.717) is 6.54 Å². The summed E-state index contributed by atoms with van der Waals surface area (Å²) >= 11 is 0. The van der Waals surface area contributed by atoms with Gasteiger partial charge in [-0.25, -0.2) is 4.68 Å². The smallest absolute Gasteiger partial charge is 0.224 e. The molecule has 168 valence electrons. The maximum absolute atomic E-state index is 12.9. The van der Waals surface area contributed by atoms with Crippen LogP contribution in [0.1, 0.15) is 24.0 Å². The van der Waals surface area contributed by atoms with Gasteiger partial charge < -0.3 is 9.88 Å². The Morgan fingerprint density at radius 3 is 2.45 bits per heavy atom. The van der Waals surface area contributed by atoms with E-state index in [0.717, 1.165) is 55.1 Å². The molecule has 0 aliphatic carbocycles. The standard InChI is InChI=1S/C27H29N5O/c33-26(28-18-22-10-3-1-4-11-22)23-12-9-15-30(20-23)21-24-19-29-32(25-13-5-2-6-14-25)27(24)31-16-7-8-17-31/h1-8,10-11,13-14,16-17,19,23H,9,12,15,18,20-21H2,(H,28,33)/t23-/m1/s1. The molecule has 0 saturated carbocycles. The van der Waals surface area contributed by atoms with Crippen molar-refractivity contribution in [3.05, 3.63) is 103 Å². The van der Waals surface area contributed by atoms with E-state index in [1.165, 1.54) is 0 Å². The van der Waals surface area contributed by atoms with Gasteiger partial charge in [-0.05, 0) is 49.2 Å². The van der Waals surface area contributed by atoms with Crippen LogP contribution in [0.2, 0.25) is 0 Å². The van der Waals surface area contributed by atoms with Crippen molar-refractivity contribution in [2.45, 2.75) is 25.9 Å². The molecule has 0 bridgehead atoms. The predicted octanol–water partition coefficient (Wildman–Crippen LogP) is 4.19. The van der Waals surface area contributed by atoms with Gasteiger partial charge in [0.25, 0.3) is 0 Å². The molecule has 0 unspecified atom stereocenters. The fourth-order valence-electron chi connectivity index (χ4n) is 4.58. The first-order valence-electron chi connectivity index (χ1n) is 11.6.